The molecule has 0 spiro atoms. The number of anilines is 1. The quantitative estimate of drug-likeness (QED) is 0.327. The molecule has 1 aromatic carbocycles. The van der Waals surface area contributed by atoms with Crippen LogP contribution in [-0.4, -0.2) is 42.8 Å². The average Bonchev–Trinajstić information content (AvgIpc) is 3.19. The Morgan fingerprint density at radius 1 is 1.17 bits per heavy atom. The molecule has 0 N–H and O–H groups in total. The van der Waals surface area contributed by atoms with Crippen molar-refractivity contribution >= 4 is 23.1 Å². The van der Waals surface area contributed by atoms with Gasteiger partial charge in [-0.15, -0.1) is 0 Å². The molecular weight excluding hydrogens is 438 g/mol. The number of methoxy groups -OCH3 is 1. The number of ether oxygens (including phenoxy) is 2. The smallest absolute Gasteiger partial charge is 0.293 e. The summed E-state index contributed by atoms with van der Waals surface area (Å²) in [5, 5.41) is 1.27. The third kappa shape index (κ3) is 5.22. The molecule has 0 aliphatic carbocycles. The second kappa shape index (κ2) is 10.8. The zero-order chi connectivity index (χ0) is 25.0. The second-order valence-corrected chi connectivity index (χ2v) is 10.4. The molecule has 4 rings (SSSR count). The lowest BCUT2D eigenvalue weighted by molar-refractivity contribution is -0.131. The minimum atomic E-state index is -0.223. The Hall–Kier alpha value is -2.86. The topological polar surface area (TPSA) is 56.6 Å². The van der Waals surface area contributed by atoms with Gasteiger partial charge in [-0.2, -0.15) is 0 Å². The van der Waals surface area contributed by atoms with Gasteiger partial charge in [0.2, 0.25) is 0 Å². The van der Waals surface area contributed by atoms with Gasteiger partial charge in [-0.05, 0) is 75.4 Å². The van der Waals surface area contributed by atoms with Crippen LogP contribution in [0.25, 0.3) is 22.2 Å². The maximum Gasteiger partial charge on any atom is 0.293 e. The third-order valence-corrected chi connectivity index (χ3v) is 7.22. The molecule has 1 saturated heterocycles. The number of carbonyl (C=O) groups is 1. The summed E-state index contributed by atoms with van der Waals surface area (Å²) in [6, 6.07) is 11.1. The van der Waals surface area contributed by atoms with Crippen LogP contribution in [0.4, 0.5) is 5.69 Å². The number of fused-ring (bicyclic) bond motifs is 1. The first-order valence-electron chi connectivity index (χ1n) is 12.8. The van der Waals surface area contributed by atoms with Crippen molar-refractivity contribution in [1.29, 1.82) is 0 Å². The predicted octanol–water partition coefficient (Wildman–Crippen LogP) is 6.16. The first kappa shape index (κ1) is 25.2. The molecule has 1 aliphatic heterocycles. The van der Waals surface area contributed by atoms with E-state index < -0.39 is 0 Å². The average molecular weight is 478 g/mol. The molecule has 2 aromatic heterocycles. The molecule has 1 unspecified atom stereocenters. The van der Waals surface area contributed by atoms with E-state index >= 15 is 0 Å². The van der Waals surface area contributed by atoms with Gasteiger partial charge >= 0.3 is 0 Å². The molecule has 1 fully saturated rings. The molecule has 0 radical (unpaired) electrons. The summed E-state index contributed by atoms with van der Waals surface area (Å²) in [5.41, 5.74) is 6.79. The second-order valence-electron chi connectivity index (χ2n) is 10.4. The molecule has 188 valence electrons. The summed E-state index contributed by atoms with van der Waals surface area (Å²) in [5.74, 6) is 0. The Labute approximate surface area is 209 Å². The fourth-order valence-corrected chi connectivity index (χ4v) is 5.42. The van der Waals surface area contributed by atoms with Gasteiger partial charge in [0.05, 0.1) is 24.1 Å². The predicted molar refractivity (Wildman–Crippen MR) is 142 cm³/mol. The molecule has 6 nitrogen and oxygen atoms in total. The highest BCUT2D eigenvalue weighted by atomic mass is 16.5. The van der Waals surface area contributed by atoms with Crippen LogP contribution in [0.15, 0.2) is 36.5 Å². The molecular formula is C29H39N3O3. The van der Waals surface area contributed by atoms with Gasteiger partial charge in [0.15, 0.2) is 0 Å². The fraction of sp³-hybridized carbons (Fsp3) is 0.517. The van der Waals surface area contributed by atoms with Gasteiger partial charge in [0.25, 0.3) is 6.47 Å². The Bertz CT molecular complexity index is 1160. The van der Waals surface area contributed by atoms with Gasteiger partial charge in [-0.25, -0.2) is 0 Å². The lowest BCUT2D eigenvalue weighted by atomic mass is 9.84. The van der Waals surface area contributed by atoms with Gasteiger partial charge in [-0.3, -0.25) is 9.78 Å². The zero-order valence-corrected chi connectivity index (χ0v) is 21.8. The summed E-state index contributed by atoms with van der Waals surface area (Å²) >= 11 is 0. The van der Waals surface area contributed by atoms with Gasteiger partial charge in [-0.1, -0.05) is 13.8 Å². The van der Waals surface area contributed by atoms with Crippen molar-refractivity contribution in [2.24, 2.45) is 5.41 Å². The summed E-state index contributed by atoms with van der Waals surface area (Å²) in [4.78, 5) is 18.2. The highest BCUT2D eigenvalue weighted by Gasteiger charge is 2.28. The lowest BCUT2D eigenvalue weighted by Gasteiger charge is -2.29. The van der Waals surface area contributed by atoms with Crippen molar-refractivity contribution in [3.63, 3.8) is 0 Å². The minimum absolute atomic E-state index is 0.127. The van der Waals surface area contributed by atoms with Crippen LogP contribution in [0.5, 0.6) is 0 Å². The fourth-order valence-electron chi connectivity index (χ4n) is 5.42. The van der Waals surface area contributed by atoms with E-state index in [1.807, 2.05) is 19.2 Å². The Morgan fingerprint density at radius 2 is 1.94 bits per heavy atom. The minimum Gasteiger partial charge on any atom is -0.467 e. The zero-order valence-electron chi connectivity index (χ0n) is 21.8. The van der Waals surface area contributed by atoms with E-state index in [-0.39, 0.29) is 11.5 Å². The number of hydrogen-bond donors (Lipinski definition) is 0. The van der Waals surface area contributed by atoms with Crippen molar-refractivity contribution in [3.8, 4) is 11.3 Å². The van der Waals surface area contributed by atoms with Crippen LogP contribution in [0.1, 0.15) is 64.3 Å². The molecule has 0 saturated carbocycles. The number of carbonyl (C=O) groups excluding carboxylic acids is 1. The first-order chi connectivity index (χ1) is 16.9. The largest absolute Gasteiger partial charge is 0.467 e. The van der Waals surface area contributed by atoms with E-state index in [1.54, 1.807) is 7.11 Å². The summed E-state index contributed by atoms with van der Waals surface area (Å²) in [7, 11) is 1.73. The summed E-state index contributed by atoms with van der Waals surface area (Å²) in [6.07, 6.45) is 6.29. The van der Waals surface area contributed by atoms with E-state index in [1.165, 1.54) is 47.1 Å². The Balaban J connectivity index is 1.96. The summed E-state index contributed by atoms with van der Waals surface area (Å²) < 4.78 is 13.3. The van der Waals surface area contributed by atoms with Crippen molar-refractivity contribution in [2.75, 3.05) is 31.7 Å². The van der Waals surface area contributed by atoms with E-state index in [0.29, 0.717) is 13.1 Å². The van der Waals surface area contributed by atoms with Crippen molar-refractivity contribution in [1.82, 2.24) is 9.55 Å². The Kier molecular flexibility index (Phi) is 7.80. The van der Waals surface area contributed by atoms with Crippen LogP contribution >= 0.6 is 0 Å². The van der Waals surface area contributed by atoms with Crippen molar-refractivity contribution < 1.29 is 14.3 Å². The normalized spacial score (nSPS) is 15.4. The molecule has 0 amide bonds. The van der Waals surface area contributed by atoms with Crippen molar-refractivity contribution in [3.05, 3.63) is 47.8 Å². The first-order valence-corrected chi connectivity index (χ1v) is 12.8. The number of pyridine rings is 1. The highest BCUT2D eigenvalue weighted by molar-refractivity contribution is 5.94. The molecule has 1 atom stereocenters. The maximum absolute atomic E-state index is 11.0. The maximum atomic E-state index is 11.0. The number of aryl methyl sites for hydroxylation is 1. The summed E-state index contributed by atoms with van der Waals surface area (Å²) in [6.45, 7) is 12.5. The van der Waals surface area contributed by atoms with Gasteiger partial charge in [0, 0.05) is 60.5 Å². The van der Waals surface area contributed by atoms with E-state index in [9.17, 15) is 4.79 Å². The van der Waals surface area contributed by atoms with Crippen LogP contribution in [0, 0.1) is 5.41 Å². The standard InChI is InChI=1S/C29H39N3O3/c1-6-32-26-13-12-22(31-15-8-7-9-16-31)17-24(26)25(18-29(3,4)19-35-20-33)28(32)23-11-10-14-30-27(23)21(2)34-5/h10-14,17,20-21H,6-9,15-16,18-19H2,1-5H3. The number of benzene rings is 1. The molecule has 1 aliphatic rings. The third-order valence-electron chi connectivity index (χ3n) is 7.22. The van der Waals surface area contributed by atoms with Crippen LogP contribution in [-0.2, 0) is 27.2 Å². The van der Waals surface area contributed by atoms with Crippen molar-refractivity contribution in [2.45, 2.75) is 66.0 Å². The van der Waals surface area contributed by atoms with E-state index in [2.05, 4.69) is 54.5 Å². The number of piperidine rings is 1. The highest BCUT2D eigenvalue weighted by Crippen LogP contribution is 2.41. The number of hydrogen-bond acceptors (Lipinski definition) is 5. The molecule has 35 heavy (non-hydrogen) atoms. The molecule has 3 aromatic rings. The van der Waals surface area contributed by atoms with E-state index in [0.717, 1.165) is 37.3 Å². The Morgan fingerprint density at radius 3 is 2.63 bits per heavy atom. The van der Waals surface area contributed by atoms with E-state index in [4.69, 9.17) is 14.5 Å². The number of aromatic nitrogens is 2. The molecule has 6 heteroatoms. The number of rotatable bonds is 10. The molecule has 3 heterocycles. The lowest BCUT2D eigenvalue weighted by Crippen LogP contribution is -2.29. The van der Waals surface area contributed by atoms with Gasteiger partial charge in [0.1, 0.15) is 0 Å². The van der Waals surface area contributed by atoms with Crippen LogP contribution in [0.3, 0.4) is 0 Å². The molecule has 0 bridgehead atoms. The number of nitrogens with zero attached hydrogens (tertiary/aromatic N) is 3. The monoisotopic (exact) mass is 477 g/mol. The van der Waals surface area contributed by atoms with Gasteiger partial charge < -0.3 is 18.9 Å². The van der Waals surface area contributed by atoms with Crippen LogP contribution in [0.2, 0.25) is 0 Å². The SMILES string of the molecule is CCn1c(-c2cccnc2C(C)OC)c(CC(C)(C)COC=O)c2cc(N3CCCCC3)ccc21. The van der Waals surface area contributed by atoms with Crippen LogP contribution < -0.4 is 4.90 Å².